The Balaban J connectivity index is 3.03. The monoisotopic (exact) mass is 334 g/mol. The molecule has 0 heterocycles. The second kappa shape index (κ2) is 22.7. The molecule has 0 amide bonds. The van der Waals surface area contributed by atoms with Gasteiger partial charge in [0.2, 0.25) is 0 Å². The molecule has 2 radical (unpaired) electrons. The predicted molar refractivity (Wildman–Crippen MR) is 112 cm³/mol. The summed E-state index contributed by atoms with van der Waals surface area (Å²) in [6.07, 6.45) is 32.2. The van der Waals surface area contributed by atoms with Gasteiger partial charge in [0.25, 0.3) is 0 Å². The molecule has 0 aromatic heterocycles. The van der Waals surface area contributed by atoms with Gasteiger partial charge in [-0.3, -0.25) is 0 Å². The van der Waals surface area contributed by atoms with E-state index in [4.69, 9.17) is 0 Å². The van der Waals surface area contributed by atoms with Crippen LogP contribution in [0.5, 0.6) is 0 Å². The molecular formula is C24H46. The third-order valence-electron chi connectivity index (χ3n) is 4.91. The van der Waals surface area contributed by atoms with Crippen molar-refractivity contribution < 1.29 is 0 Å². The van der Waals surface area contributed by atoms with Gasteiger partial charge in [-0.15, -0.1) is 0 Å². The van der Waals surface area contributed by atoms with Crippen molar-refractivity contribution in [2.24, 2.45) is 0 Å². The fourth-order valence-corrected chi connectivity index (χ4v) is 3.23. The number of hydrogen-bond donors (Lipinski definition) is 0. The van der Waals surface area contributed by atoms with E-state index in [-0.39, 0.29) is 0 Å². The van der Waals surface area contributed by atoms with Gasteiger partial charge < -0.3 is 0 Å². The summed E-state index contributed by atoms with van der Waals surface area (Å²) in [6, 6.07) is 0. The Labute approximate surface area is 154 Å². The summed E-state index contributed by atoms with van der Waals surface area (Å²) < 4.78 is 0. The highest BCUT2D eigenvalue weighted by Gasteiger charge is 1.93. The quantitative estimate of drug-likeness (QED) is 0.154. The highest BCUT2D eigenvalue weighted by molar-refractivity contribution is 4.81. The van der Waals surface area contributed by atoms with Crippen LogP contribution in [0.2, 0.25) is 0 Å². The Bertz CT molecular complexity index is 228. The topological polar surface area (TPSA) is 0 Å². The summed E-state index contributed by atoms with van der Waals surface area (Å²) in [5.41, 5.74) is 0. The van der Waals surface area contributed by atoms with E-state index in [0.717, 1.165) is 12.8 Å². The molecule has 142 valence electrons. The fourth-order valence-electron chi connectivity index (χ4n) is 3.23. The number of rotatable bonds is 20. The maximum atomic E-state index is 3.90. The zero-order valence-corrected chi connectivity index (χ0v) is 16.7. The van der Waals surface area contributed by atoms with Crippen molar-refractivity contribution in [1.29, 1.82) is 0 Å². The van der Waals surface area contributed by atoms with Crippen LogP contribution >= 0.6 is 0 Å². The second-order valence-corrected chi connectivity index (χ2v) is 7.41. The summed E-state index contributed by atoms with van der Waals surface area (Å²) >= 11 is 0. The summed E-state index contributed by atoms with van der Waals surface area (Å²) in [5, 5.41) is 0. The second-order valence-electron chi connectivity index (χ2n) is 7.41. The maximum Gasteiger partial charge on any atom is -0.0351 e. The highest BCUT2D eigenvalue weighted by atomic mass is 14.0. The molecule has 0 saturated heterocycles. The van der Waals surface area contributed by atoms with E-state index in [1.165, 1.54) is 116 Å². The minimum Gasteiger partial charge on any atom is -0.0885 e. The van der Waals surface area contributed by atoms with Crippen LogP contribution in [0.3, 0.4) is 0 Å². The molecule has 24 heavy (non-hydrogen) atoms. The maximum absolute atomic E-state index is 3.90. The molecule has 0 bridgehead atoms. The lowest BCUT2D eigenvalue weighted by atomic mass is 10.0. The molecule has 0 aromatic rings. The molecule has 0 aliphatic carbocycles. The van der Waals surface area contributed by atoms with Crippen molar-refractivity contribution in [3.63, 3.8) is 0 Å². The van der Waals surface area contributed by atoms with Crippen LogP contribution in [0.25, 0.3) is 0 Å². The summed E-state index contributed by atoms with van der Waals surface area (Å²) in [6.45, 7) is 7.79. The van der Waals surface area contributed by atoms with Crippen molar-refractivity contribution >= 4 is 0 Å². The van der Waals surface area contributed by atoms with Gasteiger partial charge in [-0.2, -0.15) is 0 Å². The van der Waals surface area contributed by atoms with Crippen molar-refractivity contribution in [3.8, 4) is 0 Å². The third-order valence-corrected chi connectivity index (χ3v) is 4.91. The Morgan fingerprint density at radius 3 is 0.875 bits per heavy atom. The molecule has 0 aromatic carbocycles. The van der Waals surface area contributed by atoms with Crippen LogP contribution in [0, 0.1) is 13.8 Å². The molecule has 0 unspecified atom stereocenters. The Morgan fingerprint density at radius 1 is 0.333 bits per heavy atom. The summed E-state index contributed by atoms with van der Waals surface area (Å²) in [7, 11) is 0. The third kappa shape index (κ3) is 21.7. The summed E-state index contributed by atoms with van der Waals surface area (Å²) in [4.78, 5) is 0. The minimum atomic E-state index is 1.11. The molecule has 0 spiro atoms. The standard InChI is InChI=1S/C24H46/c1-3-5-7-9-11-13-15-17-19-21-23-24-22-20-18-16-14-12-10-8-6-4-2/h17,19H,1-16,18,20-24H2. The van der Waals surface area contributed by atoms with E-state index < -0.39 is 0 Å². The molecule has 0 aliphatic rings. The first-order valence-corrected chi connectivity index (χ1v) is 11.1. The van der Waals surface area contributed by atoms with Gasteiger partial charge in [0.1, 0.15) is 0 Å². The van der Waals surface area contributed by atoms with Crippen molar-refractivity contribution in [1.82, 2.24) is 0 Å². The first kappa shape index (κ1) is 23.7. The van der Waals surface area contributed by atoms with E-state index in [2.05, 4.69) is 26.0 Å². The summed E-state index contributed by atoms with van der Waals surface area (Å²) in [5.74, 6) is 0. The molecular weight excluding hydrogens is 288 g/mol. The smallest absolute Gasteiger partial charge is 0.0351 e. The van der Waals surface area contributed by atoms with Gasteiger partial charge in [0, 0.05) is 0 Å². The molecule has 0 aliphatic heterocycles. The lowest BCUT2D eigenvalue weighted by Gasteiger charge is -2.02. The first-order valence-electron chi connectivity index (χ1n) is 11.1. The van der Waals surface area contributed by atoms with Gasteiger partial charge in [0.05, 0.1) is 0 Å². The van der Waals surface area contributed by atoms with Gasteiger partial charge >= 0.3 is 0 Å². The van der Waals surface area contributed by atoms with E-state index in [1.807, 2.05) is 0 Å². The largest absolute Gasteiger partial charge is 0.0885 e. The Hall–Kier alpha value is -0.260. The molecule has 0 atom stereocenters. The predicted octanol–water partition coefficient (Wildman–Crippen LogP) is 9.01. The zero-order valence-electron chi connectivity index (χ0n) is 16.7. The van der Waals surface area contributed by atoms with Crippen LogP contribution in [0.1, 0.15) is 128 Å². The molecule has 0 N–H and O–H groups in total. The van der Waals surface area contributed by atoms with Crippen LogP contribution in [0.4, 0.5) is 0 Å². The number of hydrogen-bond acceptors (Lipinski definition) is 0. The Morgan fingerprint density at radius 2 is 0.583 bits per heavy atom. The lowest BCUT2D eigenvalue weighted by Crippen LogP contribution is -1.82. The van der Waals surface area contributed by atoms with Gasteiger partial charge in [-0.05, 0) is 25.7 Å². The van der Waals surface area contributed by atoms with Crippen LogP contribution in [-0.2, 0) is 0 Å². The van der Waals surface area contributed by atoms with E-state index in [1.54, 1.807) is 0 Å². The zero-order chi connectivity index (χ0) is 17.6. The van der Waals surface area contributed by atoms with Gasteiger partial charge in [-0.1, -0.05) is 129 Å². The first-order chi connectivity index (χ1) is 11.9. The molecule has 0 fully saturated rings. The van der Waals surface area contributed by atoms with E-state index in [0.29, 0.717) is 0 Å². The average Bonchev–Trinajstić information content (AvgIpc) is 2.60. The van der Waals surface area contributed by atoms with Crippen molar-refractivity contribution in [2.45, 2.75) is 128 Å². The normalized spacial score (nSPS) is 11.6. The van der Waals surface area contributed by atoms with Gasteiger partial charge in [-0.25, -0.2) is 0 Å². The van der Waals surface area contributed by atoms with Gasteiger partial charge in [0.15, 0.2) is 0 Å². The molecule has 0 saturated carbocycles. The SMILES string of the molecule is [CH2]CCCCCCCC=CCCCCCCCCCCCCC[CH2]. The van der Waals surface area contributed by atoms with Crippen LogP contribution in [-0.4, -0.2) is 0 Å². The van der Waals surface area contributed by atoms with E-state index >= 15 is 0 Å². The Kier molecular flexibility index (Phi) is 22.5. The highest BCUT2D eigenvalue weighted by Crippen LogP contribution is 2.13. The van der Waals surface area contributed by atoms with E-state index in [9.17, 15) is 0 Å². The minimum absolute atomic E-state index is 1.11. The van der Waals surface area contributed by atoms with Crippen LogP contribution in [0.15, 0.2) is 12.2 Å². The fraction of sp³-hybridized carbons (Fsp3) is 0.833. The average molecular weight is 335 g/mol. The van der Waals surface area contributed by atoms with Crippen molar-refractivity contribution in [3.05, 3.63) is 26.0 Å². The lowest BCUT2D eigenvalue weighted by molar-refractivity contribution is 0.547. The van der Waals surface area contributed by atoms with Crippen LogP contribution < -0.4 is 0 Å². The molecule has 0 nitrogen and oxygen atoms in total. The number of allylic oxidation sites excluding steroid dienone is 2. The molecule has 0 heteroatoms. The number of unbranched alkanes of at least 4 members (excludes halogenated alkanes) is 18. The van der Waals surface area contributed by atoms with Crippen molar-refractivity contribution in [2.75, 3.05) is 0 Å². The molecule has 0 rings (SSSR count).